The Labute approximate surface area is 127 Å². The molecule has 0 bridgehead atoms. The highest BCUT2D eigenvalue weighted by molar-refractivity contribution is 9.09. The summed E-state index contributed by atoms with van der Waals surface area (Å²) in [4.78, 5) is 11.8. The van der Waals surface area contributed by atoms with Crippen LogP contribution in [0.4, 0.5) is 0 Å². The van der Waals surface area contributed by atoms with E-state index in [-0.39, 0.29) is 5.56 Å². The number of halogens is 1. The fourth-order valence-electron chi connectivity index (χ4n) is 2.08. The highest BCUT2D eigenvalue weighted by Crippen LogP contribution is 2.14. The van der Waals surface area contributed by atoms with Gasteiger partial charge < -0.3 is 0 Å². The molecule has 3 nitrogen and oxygen atoms in total. The van der Waals surface area contributed by atoms with Crippen molar-refractivity contribution in [3.8, 4) is 11.3 Å². The maximum Gasteiger partial charge on any atom is 0.266 e. The van der Waals surface area contributed by atoms with Crippen molar-refractivity contribution in [1.29, 1.82) is 0 Å². The summed E-state index contributed by atoms with van der Waals surface area (Å²) in [6, 6.07) is 13.3. The molecule has 4 heteroatoms. The van der Waals surface area contributed by atoms with Gasteiger partial charge in [-0.25, -0.2) is 4.68 Å². The third kappa shape index (κ3) is 4.30. The molecular formula is C16H19BrN2O. The minimum Gasteiger partial charge on any atom is -0.268 e. The Kier molecular flexibility index (Phi) is 5.99. The van der Waals surface area contributed by atoms with Gasteiger partial charge >= 0.3 is 0 Å². The molecule has 0 saturated heterocycles. The van der Waals surface area contributed by atoms with Crippen molar-refractivity contribution in [2.45, 2.75) is 32.2 Å². The second-order valence-corrected chi connectivity index (χ2v) is 5.54. The Morgan fingerprint density at radius 1 is 0.950 bits per heavy atom. The van der Waals surface area contributed by atoms with E-state index in [1.807, 2.05) is 30.3 Å². The molecule has 0 radical (unpaired) electrons. The largest absolute Gasteiger partial charge is 0.268 e. The highest BCUT2D eigenvalue weighted by atomic mass is 79.9. The summed E-state index contributed by atoms with van der Waals surface area (Å²) in [6.45, 7) is 0.696. The second kappa shape index (κ2) is 8.00. The molecule has 0 unspecified atom stereocenters. The Morgan fingerprint density at radius 2 is 1.70 bits per heavy atom. The van der Waals surface area contributed by atoms with Crippen LogP contribution in [-0.4, -0.2) is 15.1 Å². The molecule has 1 heterocycles. The first kappa shape index (κ1) is 15.0. The molecule has 0 aliphatic carbocycles. The van der Waals surface area contributed by atoms with Crippen molar-refractivity contribution in [1.82, 2.24) is 9.78 Å². The third-order valence-corrected chi connectivity index (χ3v) is 3.75. The average molecular weight is 335 g/mol. The molecule has 106 valence electrons. The molecule has 2 rings (SSSR count). The quantitative estimate of drug-likeness (QED) is 0.569. The van der Waals surface area contributed by atoms with Crippen LogP contribution >= 0.6 is 15.9 Å². The maximum absolute atomic E-state index is 11.8. The number of aryl methyl sites for hydroxylation is 1. The zero-order chi connectivity index (χ0) is 14.2. The monoisotopic (exact) mass is 334 g/mol. The number of benzene rings is 1. The van der Waals surface area contributed by atoms with E-state index in [2.05, 4.69) is 21.0 Å². The molecule has 1 aromatic carbocycles. The third-order valence-electron chi connectivity index (χ3n) is 3.19. The van der Waals surface area contributed by atoms with E-state index in [9.17, 15) is 4.79 Å². The first-order valence-corrected chi connectivity index (χ1v) is 8.13. The lowest BCUT2D eigenvalue weighted by atomic mass is 10.1. The Morgan fingerprint density at radius 3 is 2.45 bits per heavy atom. The van der Waals surface area contributed by atoms with Crippen molar-refractivity contribution in [2.75, 3.05) is 5.33 Å². The van der Waals surface area contributed by atoms with Crippen LogP contribution in [-0.2, 0) is 6.54 Å². The van der Waals surface area contributed by atoms with Gasteiger partial charge in [-0.2, -0.15) is 5.10 Å². The molecule has 1 aromatic heterocycles. The van der Waals surface area contributed by atoms with Crippen LogP contribution in [0.15, 0.2) is 47.3 Å². The van der Waals surface area contributed by atoms with Gasteiger partial charge in [0.05, 0.1) is 5.69 Å². The lowest BCUT2D eigenvalue weighted by molar-refractivity contribution is 0.522. The summed E-state index contributed by atoms with van der Waals surface area (Å²) < 4.78 is 1.58. The molecule has 0 atom stereocenters. The summed E-state index contributed by atoms with van der Waals surface area (Å²) in [5, 5.41) is 5.51. The maximum atomic E-state index is 11.8. The number of aromatic nitrogens is 2. The van der Waals surface area contributed by atoms with Gasteiger partial charge in [-0.05, 0) is 18.9 Å². The van der Waals surface area contributed by atoms with Gasteiger partial charge in [0, 0.05) is 23.5 Å². The Hall–Kier alpha value is -1.42. The number of hydrogen-bond acceptors (Lipinski definition) is 2. The van der Waals surface area contributed by atoms with Crippen molar-refractivity contribution in [2.24, 2.45) is 0 Å². The van der Waals surface area contributed by atoms with Crippen LogP contribution in [0, 0.1) is 0 Å². The molecule has 0 aliphatic rings. The number of alkyl halides is 1. The van der Waals surface area contributed by atoms with E-state index < -0.39 is 0 Å². The minimum atomic E-state index is -0.0230. The predicted molar refractivity (Wildman–Crippen MR) is 86.2 cm³/mol. The lowest BCUT2D eigenvalue weighted by Crippen LogP contribution is -2.22. The summed E-state index contributed by atoms with van der Waals surface area (Å²) in [5.41, 5.74) is 1.87. The van der Waals surface area contributed by atoms with Gasteiger partial charge in [-0.3, -0.25) is 4.79 Å². The minimum absolute atomic E-state index is 0.0230. The van der Waals surface area contributed by atoms with Gasteiger partial charge in [0.25, 0.3) is 5.56 Å². The van der Waals surface area contributed by atoms with Crippen LogP contribution in [0.1, 0.15) is 25.7 Å². The first-order valence-electron chi connectivity index (χ1n) is 7.01. The van der Waals surface area contributed by atoms with Crippen LogP contribution in [0.3, 0.4) is 0 Å². The standard InChI is InChI=1S/C16H19BrN2O/c17-12-6-1-2-7-13-19-16(20)11-10-15(18-19)14-8-4-3-5-9-14/h3-5,8-11H,1-2,6-7,12-13H2. The average Bonchev–Trinajstić information content (AvgIpc) is 2.49. The van der Waals surface area contributed by atoms with Gasteiger partial charge in [0.15, 0.2) is 0 Å². The first-order chi connectivity index (χ1) is 9.81. The molecule has 0 amide bonds. The molecule has 0 N–H and O–H groups in total. The summed E-state index contributed by atoms with van der Waals surface area (Å²) in [6.07, 6.45) is 4.51. The van der Waals surface area contributed by atoms with Crippen LogP contribution in [0.2, 0.25) is 0 Å². The Balaban J connectivity index is 2.04. The van der Waals surface area contributed by atoms with Crippen LogP contribution in [0.25, 0.3) is 11.3 Å². The number of unbranched alkanes of at least 4 members (excludes halogenated alkanes) is 3. The molecule has 20 heavy (non-hydrogen) atoms. The zero-order valence-electron chi connectivity index (χ0n) is 11.5. The van der Waals surface area contributed by atoms with Gasteiger partial charge in [-0.15, -0.1) is 0 Å². The molecule has 0 spiro atoms. The summed E-state index contributed by atoms with van der Waals surface area (Å²) >= 11 is 3.43. The van der Waals surface area contributed by atoms with Crippen LogP contribution < -0.4 is 5.56 Å². The molecule has 0 saturated carbocycles. The lowest BCUT2D eigenvalue weighted by Gasteiger charge is -2.07. The van der Waals surface area contributed by atoms with Crippen molar-refractivity contribution >= 4 is 15.9 Å². The topological polar surface area (TPSA) is 34.9 Å². The van der Waals surface area contributed by atoms with E-state index >= 15 is 0 Å². The SMILES string of the molecule is O=c1ccc(-c2ccccc2)nn1CCCCCCBr. The summed E-state index contributed by atoms with van der Waals surface area (Å²) in [5.74, 6) is 0. The molecular weight excluding hydrogens is 316 g/mol. The van der Waals surface area contributed by atoms with Crippen molar-refractivity contribution in [3.05, 3.63) is 52.8 Å². The number of nitrogens with zero attached hydrogens (tertiary/aromatic N) is 2. The van der Waals surface area contributed by atoms with Crippen LogP contribution in [0.5, 0.6) is 0 Å². The van der Waals surface area contributed by atoms with Gasteiger partial charge in [0.1, 0.15) is 0 Å². The van der Waals surface area contributed by atoms with E-state index in [1.165, 1.54) is 12.8 Å². The zero-order valence-corrected chi connectivity index (χ0v) is 13.1. The van der Waals surface area contributed by atoms with E-state index in [0.717, 1.165) is 29.4 Å². The fraction of sp³-hybridized carbons (Fsp3) is 0.375. The smallest absolute Gasteiger partial charge is 0.266 e. The van der Waals surface area contributed by atoms with E-state index in [4.69, 9.17) is 0 Å². The number of hydrogen-bond donors (Lipinski definition) is 0. The summed E-state index contributed by atoms with van der Waals surface area (Å²) in [7, 11) is 0. The highest BCUT2D eigenvalue weighted by Gasteiger charge is 2.02. The predicted octanol–water partition coefficient (Wildman–Crippen LogP) is 3.87. The molecule has 0 aliphatic heterocycles. The second-order valence-electron chi connectivity index (χ2n) is 4.75. The fourth-order valence-corrected chi connectivity index (χ4v) is 2.48. The van der Waals surface area contributed by atoms with Gasteiger partial charge in [0.2, 0.25) is 0 Å². The van der Waals surface area contributed by atoms with Gasteiger partial charge in [-0.1, -0.05) is 59.1 Å². The molecule has 2 aromatic rings. The normalized spacial score (nSPS) is 10.7. The van der Waals surface area contributed by atoms with Crippen molar-refractivity contribution in [3.63, 3.8) is 0 Å². The molecule has 0 fully saturated rings. The Bertz CT molecular complexity index is 581. The van der Waals surface area contributed by atoms with E-state index in [1.54, 1.807) is 16.8 Å². The van der Waals surface area contributed by atoms with Crippen molar-refractivity contribution < 1.29 is 0 Å². The van der Waals surface area contributed by atoms with E-state index in [0.29, 0.717) is 6.54 Å². The number of rotatable bonds is 7.